The molecule has 0 atom stereocenters. The Balaban J connectivity index is 2.28. The Hall–Kier alpha value is -2.04. The van der Waals surface area contributed by atoms with Crippen LogP contribution < -0.4 is 11.5 Å². The van der Waals surface area contributed by atoms with E-state index in [-0.39, 0.29) is 5.91 Å². The molecular weight excluding hydrogens is 216 g/mol. The molecule has 0 fully saturated rings. The molecule has 1 heterocycles. The molecule has 0 saturated heterocycles. The second-order valence-electron chi connectivity index (χ2n) is 4.18. The lowest BCUT2D eigenvalue weighted by molar-refractivity contribution is -0.118. The summed E-state index contributed by atoms with van der Waals surface area (Å²) in [5.41, 5.74) is 14.0. The van der Waals surface area contributed by atoms with Gasteiger partial charge in [0.2, 0.25) is 11.9 Å². The quantitative estimate of drug-likeness (QED) is 0.830. The first-order valence-corrected chi connectivity index (χ1v) is 5.58. The van der Waals surface area contributed by atoms with Crippen LogP contribution in [0.1, 0.15) is 18.4 Å². The van der Waals surface area contributed by atoms with Crippen LogP contribution in [-0.2, 0) is 11.3 Å². The third kappa shape index (κ3) is 2.38. The van der Waals surface area contributed by atoms with Crippen LogP contribution in [0.4, 0.5) is 5.95 Å². The van der Waals surface area contributed by atoms with Gasteiger partial charge in [0.25, 0.3) is 0 Å². The van der Waals surface area contributed by atoms with Gasteiger partial charge in [-0.2, -0.15) is 0 Å². The van der Waals surface area contributed by atoms with Crippen molar-refractivity contribution in [2.24, 2.45) is 5.73 Å². The number of hydrogen-bond donors (Lipinski definition) is 2. The molecule has 0 saturated carbocycles. The average Bonchev–Trinajstić information content (AvgIpc) is 2.55. The minimum atomic E-state index is -0.288. The van der Waals surface area contributed by atoms with Crippen molar-refractivity contribution in [3.05, 3.63) is 23.8 Å². The van der Waals surface area contributed by atoms with Crippen LogP contribution in [0.3, 0.4) is 0 Å². The highest BCUT2D eigenvalue weighted by atomic mass is 16.1. The van der Waals surface area contributed by atoms with E-state index in [0.717, 1.165) is 16.6 Å². The molecule has 5 heteroatoms. The molecule has 0 bridgehead atoms. The van der Waals surface area contributed by atoms with Crippen LogP contribution in [0, 0.1) is 6.92 Å². The molecule has 17 heavy (non-hydrogen) atoms. The van der Waals surface area contributed by atoms with Gasteiger partial charge in [-0.3, -0.25) is 4.79 Å². The lowest BCUT2D eigenvalue weighted by Gasteiger charge is -2.05. The first-order chi connectivity index (χ1) is 8.08. The number of hydrogen-bond acceptors (Lipinski definition) is 3. The minimum absolute atomic E-state index is 0.288. The summed E-state index contributed by atoms with van der Waals surface area (Å²) >= 11 is 0. The zero-order valence-corrected chi connectivity index (χ0v) is 9.81. The Kier molecular flexibility index (Phi) is 2.99. The second-order valence-corrected chi connectivity index (χ2v) is 4.18. The number of aryl methyl sites for hydroxylation is 2. The van der Waals surface area contributed by atoms with Crippen molar-refractivity contribution in [3.63, 3.8) is 0 Å². The Bertz CT molecular complexity index is 559. The number of nitrogens with zero attached hydrogens (tertiary/aromatic N) is 2. The van der Waals surface area contributed by atoms with Crippen LogP contribution in [0.15, 0.2) is 18.2 Å². The van der Waals surface area contributed by atoms with Crippen molar-refractivity contribution >= 4 is 22.9 Å². The maximum absolute atomic E-state index is 10.7. The third-order valence-electron chi connectivity index (χ3n) is 2.74. The van der Waals surface area contributed by atoms with Gasteiger partial charge in [-0.15, -0.1) is 0 Å². The molecule has 0 radical (unpaired) electrons. The van der Waals surface area contributed by atoms with Gasteiger partial charge in [0.05, 0.1) is 11.0 Å². The number of anilines is 1. The van der Waals surface area contributed by atoms with Gasteiger partial charge < -0.3 is 16.0 Å². The first-order valence-electron chi connectivity index (χ1n) is 5.58. The van der Waals surface area contributed by atoms with E-state index in [2.05, 4.69) is 4.98 Å². The number of carbonyl (C=O) groups is 1. The van der Waals surface area contributed by atoms with Crippen molar-refractivity contribution in [2.45, 2.75) is 26.3 Å². The number of nitrogens with two attached hydrogens (primary N) is 2. The Morgan fingerprint density at radius 2 is 2.24 bits per heavy atom. The molecule has 1 aromatic carbocycles. The predicted molar refractivity (Wildman–Crippen MR) is 67.3 cm³/mol. The summed E-state index contributed by atoms with van der Waals surface area (Å²) in [7, 11) is 0. The highest BCUT2D eigenvalue weighted by molar-refractivity contribution is 5.79. The maximum atomic E-state index is 10.7. The van der Waals surface area contributed by atoms with Crippen LogP contribution in [0.5, 0.6) is 0 Å². The minimum Gasteiger partial charge on any atom is -0.370 e. The van der Waals surface area contributed by atoms with E-state index in [1.807, 2.05) is 29.7 Å². The van der Waals surface area contributed by atoms with E-state index in [4.69, 9.17) is 11.5 Å². The molecule has 1 amide bonds. The smallest absolute Gasteiger partial charge is 0.217 e. The number of primary amides is 1. The van der Waals surface area contributed by atoms with E-state index in [0.29, 0.717) is 25.3 Å². The van der Waals surface area contributed by atoms with Gasteiger partial charge in [-0.25, -0.2) is 4.98 Å². The Morgan fingerprint density at radius 3 is 2.94 bits per heavy atom. The van der Waals surface area contributed by atoms with E-state index in [9.17, 15) is 4.79 Å². The summed E-state index contributed by atoms with van der Waals surface area (Å²) in [4.78, 5) is 15.0. The van der Waals surface area contributed by atoms with Gasteiger partial charge in [-0.05, 0) is 31.0 Å². The largest absolute Gasteiger partial charge is 0.370 e. The third-order valence-corrected chi connectivity index (χ3v) is 2.74. The number of rotatable bonds is 4. The summed E-state index contributed by atoms with van der Waals surface area (Å²) in [5.74, 6) is 0.194. The molecule has 0 spiro atoms. The summed E-state index contributed by atoms with van der Waals surface area (Å²) < 4.78 is 1.92. The summed E-state index contributed by atoms with van der Waals surface area (Å²) in [6.07, 6.45) is 1.05. The summed E-state index contributed by atoms with van der Waals surface area (Å²) in [5, 5.41) is 0. The van der Waals surface area contributed by atoms with Crippen molar-refractivity contribution in [3.8, 4) is 0 Å². The molecule has 2 rings (SSSR count). The van der Waals surface area contributed by atoms with E-state index >= 15 is 0 Å². The van der Waals surface area contributed by atoms with Crippen LogP contribution in [-0.4, -0.2) is 15.5 Å². The fourth-order valence-electron chi connectivity index (χ4n) is 1.90. The molecule has 5 nitrogen and oxygen atoms in total. The van der Waals surface area contributed by atoms with Gasteiger partial charge in [-0.1, -0.05) is 6.07 Å². The Morgan fingerprint density at radius 1 is 1.47 bits per heavy atom. The molecule has 0 aliphatic rings. The summed E-state index contributed by atoms with van der Waals surface area (Å²) in [6.45, 7) is 2.69. The molecule has 1 aromatic heterocycles. The SMILES string of the molecule is Cc1ccc2nc(N)n(CCCC(N)=O)c2c1. The van der Waals surface area contributed by atoms with E-state index < -0.39 is 0 Å². The molecule has 0 aliphatic heterocycles. The highest BCUT2D eigenvalue weighted by Gasteiger charge is 2.08. The van der Waals surface area contributed by atoms with Crippen LogP contribution >= 0.6 is 0 Å². The lowest BCUT2D eigenvalue weighted by atomic mass is 10.2. The van der Waals surface area contributed by atoms with Gasteiger partial charge >= 0.3 is 0 Å². The number of carbonyl (C=O) groups excluding carboxylic acids is 1. The molecule has 0 aliphatic carbocycles. The zero-order chi connectivity index (χ0) is 12.4. The standard InChI is InChI=1S/C12H16N4O/c1-8-4-5-9-10(7-8)16(12(14)15-9)6-2-3-11(13)17/h4-5,7H,2-3,6H2,1H3,(H2,13,17)(H2,14,15). The zero-order valence-electron chi connectivity index (χ0n) is 9.81. The van der Waals surface area contributed by atoms with Crippen LogP contribution in [0.25, 0.3) is 11.0 Å². The number of fused-ring (bicyclic) bond motifs is 1. The summed E-state index contributed by atoms with van der Waals surface area (Å²) in [6, 6.07) is 6.00. The van der Waals surface area contributed by atoms with Gasteiger partial charge in [0, 0.05) is 13.0 Å². The lowest BCUT2D eigenvalue weighted by Crippen LogP contribution is -2.12. The normalized spacial score (nSPS) is 10.9. The van der Waals surface area contributed by atoms with E-state index in [1.165, 1.54) is 0 Å². The fourth-order valence-corrected chi connectivity index (χ4v) is 1.90. The number of nitrogen functional groups attached to an aromatic ring is 1. The first kappa shape index (κ1) is 11.4. The average molecular weight is 232 g/mol. The second kappa shape index (κ2) is 4.45. The molecule has 90 valence electrons. The van der Waals surface area contributed by atoms with Crippen molar-refractivity contribution < 1.29 is 4.79 Å². The van der Waals surface area contributed by atoms with Gasteiger partial charge in [0.15, 0.2) is 0 Å². The number of benzene rings is 1. The Labute approximate surface area is 99.4 Å². The predicted octanol–water partition coefficient (Wildman–Crippen LogP) is 1.19. The van der Waals surface area contributed by atoms with Crippen molar-refractivity contribution in [1.29, 1.82) is 0 Å². The molecule has 4 N–H and O–H groups in total. The fraction of sp³-hybridized carbons (Fsp3) is 0.333. The number of amides is 1. The topological polar surface area (TPSA) is 86.9 Å². The highest BCUT2D eigenvalue weighted by Crippen LogP contribution is 2.19. The van der Waals surface area contributed by atoms with Crippen LogP contribution in [0.2, 0.25) is 0 Å². The molecular formula is C12H16N4O. The maximum Gasteiger partial charge on any atom is 0.217 e. The van der Waals surface area contributed by atoms with E-state index in [1.54, 1.807) is 0 Å². The van der Waals surface area contributed by atoms with Gasteiger partial charge in [0.1, 0.15) is 0 Å². The number of imidazole rings is 1. The number of aromatic nitrogens is 2. The molecule has 2 aromatic rings. The van der Waals surface area contributed by atoms with Crippen molar-refractivity contribution in [1.82, 2.24) is 9.55 Å². The monoisotopic (exact) mass is 232 g/mol. The molecule has 0 unspecified atom stereocenters. The van der Waals surface area contributed by atoms with Crippen molar-refractivity contribution in [2.75, 3.05) is 5.73 Å².